The number of carbonyl (C=O) groups excluding carboxylic acids is 2. The number of benzene rings is 1. The molecule has 2 saturated carbocycles. The second-order valence-electron chi connectivity index (χ2n) is 7.27. The van der Waals surface area contributed by atoms with Gasteiger partial charge < -0.3 is 4.74 Å². The van der Waals surface area contributed by atoms with Gasteiger partial charge in [0.25, 0.3) is 0 Å². The summed E-state index contributed by atoms with van der Waals surface area (Å²) in [6, 6.07) is 7.21. The molecule has 3 heteroatoms. The summed E-state index contributed by atoms with van der Waals surface area (Å²) in [6.45, 7) is 9.90. The molecule has 2 aliphatic rings. The highest BCUT2D eigenvalue weighted by atomic mass is 16.5. The Morgan fingerprint density at radius 3 is 2.43 bits per heavy atom. The van der Waals surface area contributed by atoms with Gasteiger partial charge in [0.05, 0.1) is 0 Å². The van der Waals surface area contributed by atoms with Gasteiger partial charge in [-0.15, -0.1) is 0 Å². The zero-order valence-corrected chi connectivity index (χ0v) is 13.9. The summed E-state index contributed by atoms with van der Waals surface area (Å²) >= 11 is 0. The highest BCUT2D eigenvalue weighted by Gasteiger charge is 2.63. The molecule has 0 heterocycles. The minimum absolute atomic E-state index is 0.0232. The molecular weight excluding hydrogens is 288 g/mol. The lowest BCUT2D eigenvalue weighted by atomic mass is 9.70. The van der Waals surface area contributed by atoms with Crippen LogP contribution in [0.2, 0.25) is 0 Å². The Kier molecular flexibility index (Phi) is 3.55. The molecule has 2 fully saturated rings. The molecule has 0 amide bonds. The topological polar surface area (TPSA) is 43.4 Å². The smallest absolute Gasteiger partial charge is 0.335 e. The van der Waals surface area contributed by atoms with E-state index in [2.05, 4.69) is 27.4 Å². The van der Waals surface area contributed by atoms with E-state index in [-0.39, 0.29) is 10.8 Å². The number of fused-ring (bicyclic) bond motifs is 2. The molecule has 2 atom stereocenters. The molecule has 0 N–H and O–H groups in total. The Labute approximate surface area is 137 Å². The second kappa shape index (κ2) is 5.19. The summed E-state index contributed by atoms with van der Waals surface area (Å²) in [7, 11) is 0. The van der Waals surface area contributed by atoms with Crippen LogP contribution in [-0.2, 0) is 9.59 Å². The van der Waals surface area contributed by atoms with Crippen molar-refractivity contribution in [2.24, 2.45) is 16.7 Å². The summed E-state index contributed by atoms with van der Waals surface area (Å²) in [5, 5.41) is 0. The third kappa shape index (κ3) is 2.26. The highest BCUT2D eigenvalue weighted by molar-refractivity contribution is 6.07. The van der Waals surface area contributed by atoms with Gasteiger partial charge in [-0.1, -0.05) is 39.5 Å². The maximum atomic E-state index is 12.8. The average molecular weight is 310 g/mol. The molecule has 2 bridgehead atoms. The van der Waals surface area contributed by atoms with Crippen molar-refractivity contribution < 1.29 is 14.3 Å². The lowest BCUT2D eigenvalue weighted by Crippen LogP contribution is -2.32. The molecule has 0 spiro atoms. The molecule has 1 aromatic carbocycles. The lowest BCUT2D eigenvalue weighted by Gasteiger charge is -2.31. The Morgan fingerprint density at radius 2 is 1.91 bits per heavy atom. The SMILES string of the molecule is C=CC(=O)Oc1ccc(C=C2C(=O)C3(C)CCC2C3(C)C)cc1. The van der Waals surface area contributed by atoms with E-state index in [4.69, 9.17) is 4.74 Å². The minimum Gasteiger partial charge on any atom is -0.423 e. The maximum Gasteiger partial charge on any atom is 0.335 e. The summed E-state index contributed by atoms with van der Waals surface area (Å²) in [5.41, 5.74) is 1.69. The van der Waals surface area contributed by atoms with E-state index in [1.54, 1.807) is 12.1 Å². The van der Waals surface area contributed by atoms with Gasteiger partial charge in [-0.25, -0.2) is 4.79 Å². The van der Waals surface area contributed by atoms with Crippen molar-refractivity contribution in [3.05, 3.63) is 48.1 Å². The van der Waals surface area contributed by atoms with Crippen LogP contribution in [-0.4, -0.2) is 11.8 Å². The first-order valence-corrected chi connectivity index (χ1v) is 8.00. The Morgan fingerprint density at radius 1 is 1.26 bits per heavy atom. The molecule has 2 aliphatic carbocycles. The molecule has 0 aromatic heterocycles. The van der Waals surface area contributed by atoms with Crippen LogP contribution in [0.25, 0.3) is 6.08 Å². The molecule has 0 radical (unpaired) electrons. The number of carbonyl (C=O) groups is 2. The van der Waals surface area contributed by atoms with Gasteiger partial charge in [-0.2, -0.15) is 0 Å². The third-order valence-corrected chi connectivity index (χ3v) is 5.95. The highest BCUT2D eigenvalue weighted by Crippen LogP contribution is 2.65. The third-order valence-electron chi connectivity index (χ3n) is 5.95. The fourth-order valence-electron chi connectivity index (χ4n) is 4.06. The van der Waals surface area contributed by atoms with Crippen molar-refractivity contribution in [2.45, 2.75) is 33.6 Å². The maximum absolute atomic E-state index is 12.8. The minimum atomic E-state index is -0.478. The molecule has 0 aliphatic heterocycles. The van der Waals surface area contributed by atoms with Gasteiger partial charge in [0, 0.05) is 11.5 Å². The average Bonchev–Trinajstić information content (AvgIpc) is 2.83. The fourth-order valence-corrected chi connectivity index (χ4v) is 4.06. The van der Waals surface area contributed by atoms with Gasteiger partial charge in [-0.05, 0) is 53.5 Å². The lowest BCUT2D eigenvalue weighted by molar-refractivity contribution is -0.129. The molecule has 3 nitrogen and oxygen atoms in total. The zero-order chi connectivity index (χ0) is 16.8. The summed E-state index contributed by atoms with van der Waals surface area (Å²) < 4.78 is 5.06. The van der Waals surface area contributed by atoms with Crippen LogP contribution in [0.3, 0.4) is 0 Å². The molecule has 1 aromatic rings. The molecule has 0 saturated heterocycles. The van der Waals surface area contributed by atoms with Crippen molar-refractivity contribution >= 4 is 17.8 Å². The van der Waals surface area contributed by atoms with E-state index in [0.717, 1.165) is 30.1 Å². The number of esters is 1. The number of Topliss-reactive ketones (excluding diaryl/α,β-unsaturated/α-hetero) is 1. The van der Waals surface area contributed by atoms with Gasteiger partial charge in [0.1, 0.15) is 5.75 Å². The van der Waals surface area contributed by atoms with Crippen LogP contribution < -0.4 is 4.74 Å². The van der Waals surface area contributed by atoms with Crippen LogP contribution in [0.15, 0.2) is 42.5 Å². The number of hydrogen-bond acceptors (Lipinski definition) is 3. The summed E-state index contributed by atoms with van der Waals surface area (Å²) in [5.74, 6) is 0.622. The number of allylic oxidation sites excluding steroid dienone is 1. The van der Waals surface area contributed by atoms with E-state index in [9.17, 15) is 9.59 Å². The van der Waals surface area contributed by atoms with Crippen LogP contribution in [0.4, 0.5) is 0 Å². The molecule has 2 unspecified atom stereocenters. The van der Waals surface area contributed by atoms with E-state index in [0.29, 0.717) is 17.5 Å². The predicted molar refractivity (Wildman–Crippen MR) is 89.9 cm³/mol. The van der Waals surface area contributed by atoms with Crippen LogP contribution >= 0.6 is 0 Å². The Bertz CT molecular complexity index is 709. The number of hydrogen-bond donors (Lipinski definition) is 0. The zero-order valence-electron chi connectivity index (χ0n) is 13.9. The van der Waals surface area contributed by atoms with E-state index in [1.807, 2.05) is 18.2 Å². The normalized spacial score (nSPS) is 29.8. The van der Waals surface area contributed by atoms with Crippen molar-refractivity contribution in [2.75, 3.05) is 0 Å². The van der Waals surface area contributed by atoms with Crippen molar-refractivity contribution in [1.82, 2.24) is 0 Å². The number of ether oxygens (including phenoxy) is 1. The second-order valence-corrected chi connectivity index (χ2v) is 7.27. The molecule has 120 valence electrons. The van der Waals surface area contributed by atoms with E-state index < -0.39 is 5.97 Å². The van der Waals surface area contributed by atoms with Gasteiger partial charge >= 0.3 is 5.97 Å². The molecule has 23 heavy (non-hydrogen) atoms. The van der Waals surface area contributed by atoms with Crippen molar-refractivity contribution in [1.29, 1.82) is 0 Å². The summed E-state index contributed by atoms with van der Waals surface area (Å²) in [4.78, 5) is 24.0. The van der Waals surface area contributed by atoms with E-state index >= 15 is 0 Å². The standard InChI is InChI=1S/C20H22O3/c1-5-17(21)23-14-8-6-13(7-9-14)12-15-16-10-11-20(4,18(15)22)19(16,2)3/h5-9,12,16H,1,10-11H2,2-4H3. The summed E-state index contributed by atoms with van der Waals surface area (Å²) in [6.07, 6.45) is 5.19. The quantitative estimate of drug-likeness (QED) is 0.478. The fraction of sp³-hybridized carbons (Fsp3) is 0.400. The predicted octanol–water partition coefficient (Wildman–Crippen LogP) is 4.19. The van der Waals surface area contributed by atoms with Gasteiger partial charge in [0.15, 0.2) is 5.78 Å². The van der Waals surface area contributed by atoms with Crippen molar-refractivity contribution in [3.8, 4) is 5.75 Å². The first kappa shape index (κ1) is 15.7. The van der Waals surface area contributed by atoms with Crippen LogP contribution in [0.5, 0.6) is 5.75 Å². The van der Waals surface area contributed by atoms with Gasteiger partial charge in [0.2, 0.25) is 0 Å². The monoisotopic (exact) mass is 310 g/mol. The van der Waals surface area contributed by atoms with Crippen LogP contribution in [0, 0.1) is 16.7 Å². The molecular formula is C20H22O3. The Hall–Kier alpha value is -2.16. The van der Waals surface area contributed by atoms with E-state index in [1.165, 1.54) is 0 Å². The van der Waals surface area contributed by atoms with Crippen LogP contribution in [0.1, 0.15) is 39.2 Å². The number of ketones is 1. The first-order valence-electron chi connectivity index (χ1n) is 8.00. The number of rotatable bonds is 3. The largest absolute Gasteiger partial charge is 0.423 e. The first-order chi connectivity index (χ1) is 10.8. The molecule has 3 rings (SSSR count). The Balaban J connectivity index is 1.87. The van der Waals surface area contributed by atoms with Crippen molar-refractivity contribution in [3.63, 3.8) is 0 Å². The van der Waals surface area contributed by atoms with Gasteiger partial charge in [-0.3, -0.25) is 4.79 Å².